The summed E-state index contributed by atoms with van der Waals surface area (Å²) in [6.45, 7) is 5.92. The molecule has 2 amide bonds. The molecule has 0 saturated carbocycles. The van der Waals surface area contributed by atoms with E-state index in [0.717, 1.165) is 12.0 Å². The summed E-state index contributed by atoms with van der Waals surface area (Å²) in [6.07, 6.45) is 3.19. The number of carboxylic acids is 1. The summed E-state index contributed by atoms with van der Waals surface area (Å²) in [7, 11) is 0. The van der Waals surface area contributed by atoms with Gasteiger partial charge in [-0.15, -0.1) is 0 Å². The molecule has 2 saturated heterocycles. The van der Waals surface area contributed by atoms with Crippen molar-refractivity contribution in [1.29, 1.82) is 0 Å². The Morgan fingerprint density at radius 2 is 1.94 bits per heavy atom. The van der Waals surface area contributed by atoms with Gasteiger partial charge in [-0.2, -0.15) is 0 Å². The van der Waals surface area contributed by atoms with Crippen LogP contribution in [0.4, 0.5) is 4.39 Å². The van der Waals surface area contributed by atoms with E-state index in [-0.39, 0.29) is 36.5 Å². The third-order valence-electron chi connectivity index (χ3n) is 6.56. The molecule has 31 heavy (non-hydrogen) atoms. The smallest absolute Gasteiger partial charge is 0.303 e. The number of likely N-dealkylation sites (tertiary alicyclic amines) is 2. The molecule has 2 heterocycles. The molecule has 0 aliphatic carbocycles. The number of aliphatic carboxylic acids is 1. The summed E-state index contributed by atoms with van der Waals surface area (Å²) < 4.78 is 13.7. The lowest BCUT2D eigenvalue weighted by Gasteiger charge is -2.38. The van der Waals surface area contributed by atoms with Gasteiger partial charge in [0.1, 0.15) is 5.82 Å². The number of nitrogens with zero attached hydrogens (tertiary/aromatic N) is 2. The number of piperidine rings is 1. The zero-order chi connectivity index (χ0) is 22.6. The highest BCUT2D eigenvalue weighted by molar-refractivity contribution is 5.86. The van der Waals surface area contributed by atoms with Crippen LogP contribution in [-0.2, 0) is 20.8 Å². The van der Waals surface area contributed by atoms with E-state index in [1.165, 1.54) is 6.07 Å². The van der Waals surface area contributed by atoms with E-state index >= 15 is 0 Å². The average molecular weight is 433 g/mol. The number of halogens is 1. The second-order valence-corrected chi connectivity index (χ2v) is 9.45. The lowest BCUT2D eigenvalue weighted by atomic mass is 9.75. The van der Waals surface area contributed by atoms with Crippen molar-refractivity contribution in [3.05, 3.63) is 35.6 Å². The van der Waals surface area contributed by atoms with Gasteiger partial charge in [-0.05, 0) is 55.7 Å². The molecule has 1 aromatic rings. The predicted octanol–water partition coefficient (Wildman–Crippen LogP) is 3.49. The second-order valence-electron chi connectivity index (χ2n) is 9.45. The van der Waals surface area contributed by atoms with Crippen molar-refractivity contribution in [2.75, 3.05) is 19.6 Å². The van der Waals surface area contributed by atoms with Crippen molar-refractivity contribution in [3.8, 4) is 0 Å². The van der Waals surface area contributed by atoms with Crippen molar-refractivity contribution in [2.24, 2.45) is 11.3 Å². The van der Waals surface area contributed by atoms with Crippen LogP contribution in [-0.4, -0.2) is 58.4 Å². The van der Waals surface area contributed by atoms with E-state index in [4.69, 9.17) is 5.11 Å². The van der Waals surface area contributed by atoms with Gasteiger partial charge in [0, 0.05) is 38.5 Å². The Kier molecular flexibility index (Phi) is 7.34. The average Bonchev–Trinajstić information content (AvgIpc) is 2.93. The van der Waals surface area contributed by atoms with Gasteiger partial charge in [0.2, 0.25) is 11.8 Å². The Balaban J connectivity index is 1.66. The number of benzene rings is 1. The van der Waals surface area contributed by atoms with Crippen LogP contribution in [0, 0.1) is 17.2 Å². The van der Waals surface area contributed by atoms with E-state index in [1.54, 1.807) is 17.0 Å². The summed E-state index contributed by atoms with van der Waals surface area (Å²) in [4.78, 5) is 40.3. The van der Waals surface area contributed by atoms with Crippen LogP contribution in [0.15, 0.2) is 24.3 Å². The first-order chi connectivity index (χ1) is 14.7. The first-order valence-corrected chi connectivity index (χ1v) is 11.3. The summed E-state index contributed by atoms with van der Waals surface area (Å²) in [5.41, 5.74) is 0.444. The summed E-state index contributed by atoms with van der Waals surface area (Å²) >= 11 is 0. The largest absolute Gasteiger partial charge is 0.481 e. The minimum Gasteiger partial charge on any atom is -0.481 e. The van der Waals surface area contributed by atoms with Crippen molar-refractivity contribution in [3.63, 3.8) is 0 Å². The maximum Gasteiger partial charge on any atom is 0.303 e. The number of amides is 2. The van der Waals surface area contributed by atoms with Crippen LogP contribution in [0.3, 0.4) is 0 Å². The molecule has 1 atom stereocenters. The van der Waals surface area contributed by atoms with Gasteiger partial charge >= 0.3 is 5.97 Å². The third kappa shape index (κ3) is 5.63. The maximum atomic E-state index is 13.7. The molecule has 1 aromatic carbocycles. The number of hydrogen-bond donors (Lipinski definition) is 1. The number of carbonyl (C=O) groups is 3. The fourth-order valence-electron chi connectivity index (χ4n) is 5.01. The predicted molar refractivity (Wildman–Crippen MR) is 115 cm³/mol. The zero-order valence-electron chi connectivity index (χ0n) is 18.5. The minimum atomic E-state index is -0.892. The molecule has 0 bridgehead atoms. The second kappa shape index (κ2) is 9.79. The molecule has 1 spiro atoms. The molecule has 6 nitrogen and oxygen atoms in total. The Bertz CT molecular complexity index is 818. The Morgan fingerprint density at radius 3 is 2.55 bits per heavy atom. The Morgan fingerprint density at radius 1 is 1.23 bits per heavy atom. The standard InChI is InChI=1S/C24H33FN2O4/c1-17(2)16-27-20(14-18-5-3-6-19(25)13-18)15-24(23(27)31)9-11-26(12-10-24)21(28)7-4-8-22(29)30/h3,5-6,13,17,20H,4,7-12,14-16H2,1-2H3,(H,29,30). The number of carboxylic acid groups (broad SMARTS) is 1. The van der Waals surface area contributed by atoms with Crippen LogP contribution >= 0.6 is 0 Å². The van der Waals surface area contributed by atoms with Crippen LogP contribution in [0.2, 0.25) is 0 Å². The molecular weight excluding hydrogens is 399 g/mol. The van der Waals surface area contributed by atoms with Gasteiger partial charge in [-0.25, -0.2) is 4.39 Å². The van der Waals surface area contributed by atoms with Crippen molar-refractivity contribution >= 4 is 17.8 Å². The topological polar surface area (TPSA) is 77.9 Å². The monoisotopic (exact) mass is 432 g/mol. The van der Waals surface area contributed by atoms with E-state index in [2.05, 4.69) is 13.8 Å². The van der Waals surface area contributed by atoms with Gasteiger partial charge in [0.25, 0.3) is 0 Å². The summed E-state index contributed by atoms with van der Waals surface area (Å²) in [5.74, 6) is -0.680. The Labute approximate surface area is 183 Å². The van der Waals surface area contributed by atoms with Gasteiger partial charge in [0.05, 0.1) is 5.41 Å². The molecule has 170 valence electrons. The molecule has 1 N–H and O–H groups in total. The summed E-state index contributed by atoms with van der Waals surface area (Å²) in [5, 5.41) is 8.75. The van der Waals surface area contributed by atoms with E-state index in [0.29, 0.717) is 51.2 Å². The molecule has 1 unspecified atom stereocenters. The van der Waals surface area contributed by atoms with Crippen LogP contribution in [0.5, 0.6) is 0 Å². The highest BCUT2D eigenvalue weighted by atomic mass is 19.1. The van der Waals surface area contributed by atoms with Crippen molar-refractivity contribution < 1.29 is 23.9 Å². The highest BCUT2D eigenvalue weighted by Crippen LogP contribution is 2.45. The molecule has 2 fully saturated rings. The van der Waals surface area contributed by atoms with E-state index < -0.39 is 11.4 Å². The molecule has 2 aliphatic heterocycles. The van der Waals surface area contributed by atoms with Gasteiger partial charge in [-0.3, -0.25) is 14.4 Å². The van der Waals surface area contributed by atoms with E-state index in [9.17, 15) is 18.8 Å². The molecule has 3 rings (SSSR count). The van der Waals surface area contributed by atoms with Gasteiger partial charge in [0.15, 0.2) is 0 Å². The summed E-state index contributed by atoms with van der Waals surface area (Å²) in [6, 6.07) is 6.62. The van der Waals surface area contributed by atoms with Crippen LogP contribution in [0.1, 0.15) is 57.9 Å². The van der Waals surface area contributed by atoms with Crippen molar-refractivity contribution in [1.82, 2.24) is 9.80 Å². The highest BCUT2D eigenvalue weighted by Gasteiger charge is 2.52. The fourth-order valence-corrected chi connectivity index (χ4v) is 5.01. The first-order valence-electron chi connectivity index (χ1n) is 11.3. The number of hydrogen-bond acceptors (Lipinski definition) is 3. The minimum absolute atomic E-state index is 0.00603. The van der Waals surface area contributed by atoms with Gasteiger partial charge < -0.3 is 14.9 Å². The quantitative estimate of drug-likeness (QED) is 0.682. The fraction of sp³-hybridized carbons (Fsp3) is 0.625. The molecule has 2 aliphatic rings. The molecule has 0 radical (unpaired) electrons. The van der Waals surface area contributed by atoms with Gasteiger partial charge in [-0.1, -0.05) is 26.0 Å². The lowest BCUT2D eigenvalue weighted by molar-refractivity contribution is -0.143. The van der Waals surface area contributed by atoms with E-state index in [1.807, 2.05) is 11.0 Å². The third-order valence-corrected chi connectivity index (χ3v) is 6.56. The SMILES string of the molecule is CC(C)CN1C(=O)C2(CCN(C(=O)CCCC(=O)O)CC2)CC1Cc1cccc(F)c1. The van der Waals surface area contributed by atoms with Crippen LogP contribution < -0.4 is 0 Å². The molecular formula is C24H33FN2O4. The van der Waals surface area contributed by atoms with Crippen molar-refractivity contribution in [2.45, 2.75) is 64.8 Å². The maximum absolute atomic E-state index is 13.7. The number of rotatable bonds is 8. The van der Waals surface area contributed by atoms with Crippen LogP contribution in [0.25, 0.3) is 0 Å². The lowest BCUT2D eigenvalue weighted by Crippen LogP contribution is -2.47. The first kappa shape index (κ1) is 23.2. The molecule has 0 aromatic heterocycles. The normalized spacial score (nSPS) is 20.6. The Hall–Kier alpha value is -2.44. The molecule has 7 heteroatoms. The number of carbonyl (C=O) groups excluding carboxylic acids is 2. The zero-order valence-corrected chi connectivity index (χ0v) is 18.5.